The highest BCUT2D eigenvalue weighted by molar-refractivity contribution is 5.84. The van der Waals surface area contributed by atoms with E-state index in [1.54, 1.807) is 7.11 Å². The van der Waals surface area contributed by atoms with Crippen LogP contribution in [0.15, 0.2) is 42.0 Å². The third-order valence-electron chi connectivity index (χ3n) is 4.16. The summed E-state index contributed by atoms with van der Waals surface area (Å²) in [4.78, 5) is 10.8. The van der Waals surface area contributed by atoms with Crippen molar-refractivity contribution in [2.75, 3.05) is 13.7 Å². The molecule has 0 fully saturated rings. The summed E-state index contributed by atoms with van der Waals surface area (Å²) in [6.45, 7) is 2.88. The summed E-state index contributed by atoms with van der Waals surface area (Å²) >= 11 is 0. The molecule has 4 heteroatoms. The molecule has 25 heavy (non-hydrogen) atoms. The number of carbonyl (C=O) groups is 1. The lowest BCUT2D eigenvalue weighted by Gasteiger charge is -2.17. The Labute approximate surface area is 148 Å². The van der Waals surface area contributed by atoms with Gasteiger partial charge in [-0.1, -0.05) is 25.5 Å². The van der Waals surface area contributed by atoms with Crippen molar-refractivity contribution in [2.45, 2.75) is 26.4 Å². The lowest BCUT2D eigenvalue weighted by Crippen LogP contribution is -2.08. The second-order valence-corrected chi connectivity index (χ2v) is 6.01. The van der Waals surface area contributed by atoms with E-state index < -0.39 is 0 Å². The summed E-state index contributed by atoms with van der Waals surface area (Å²) in [5.41, 5.74) is 3.80. The SMILES string of the molecule is CCCc1ccc(COc2ccc3c(c2)OCC(C=O)=C3)c(OC)c1. The second-order valence-electron chi connectivity index (χ2n) is 6.01. The molecule has 0 saturated carbocycles. The van der Waals surface area contributed by atoms with Crippen LogP contribution in [-0.2, 0) is 17.8 Å². The molecule has 0 atom stereocenters. The minimum atomic E-state index is 0.298. The predicted octanol–water partition coefficient (Wildman–Crippen LogP) is 4.20. The first-order valence-corrected chi connectivity index (χ1v) is 8.44. The van der Waals surface area contributed by atoms with Crippen molar-refractivity contribution >= 4 is 12.4 Å². The number of ether oxygens (including phenoxy) is 3. The number of fused-ring (bicyclic) bond motifs is 1. The maximum Gasteiger partial charge on any atom is 0.149 e. The van der Waals surface area contributed by atoms with Crippen molar-refractivity contribution in [3.63, 3.8) is 0 Å². The molecule has 0 aliphatic carbocycles. The predicted molar refractivity (Wildman–Crippen MR) is 97.3 cm³/mol. The molecular weight excluding hydrogens is 316 g/mol. The van der Waals surface area contributed by atoms with E-state index in [0.29, 0.717) is 18.8 Å². The molecule has 0 bridgehead atoms. The third kappa shape index (κ3) is 4.02. The zero-order valence-corrected chi connectivity index (χ0v) is 14.6. The van der Waals surface area contributed by atoms with Crippen LogP contribution in [0.2, 0.25) is 0 Å². The molecule has 3 rings (SSSR count). The molecule has 0 saturated heterocycles. The monoisotopic (exact) mass is 338 g/mol. The molecule has 0 aromatic heterocycles. The minimum absolute atomic E-state index is 0.298. The van der Waals surface area contributed by atoms with Crippen molar-refractivity contribution in [2.24, 2.45) is 0 Å². The van der Waals surface area contributed by atoms with Gasteiger partial charge in [0.05, 0.1) is 7.11 Å². The highest BCUT2D eigenvalue weighted by atomic mass is 16.5. The fourth-order valence-corrected chi connectivity index (χ4v) is 2.83. The van der Waals surface area contributed by atoms with Gasteiger partial charge < -0.3 is 14.2 Å². The smallest absolute Gasteiger partial charge is 0.149 e. The number of rotatable bonds is 7. The summed E-state index contributed by atoms with van der Waals surface area (Å²) in [5.74, 6) is 2.30. The van der Waals surface area contributed by atoms with Crippen LogP contribution in [0.4, 0.5) is 0 Å². The number of carbonyl (C=O) groups excluding carboxylic acids is 1. The molecule has 0 unspecified atom stereocenters. The first-order chi connectivity index (χ1) is 12.2. The molecule has 1 aliphatic heterocycles. The van der Waals surface area contributed by atoms with Gasteiger partial charge in [-0.3, -0.25) is 4.79 Å². The number of aryl methyl sites for hydroxylation is 1. The van der Waals surface area contributed by atoms with E-state index in [4.69, 9.17) is 14.2 Å². The molecule has 1 heterocycles. The Hall–Kier alpha value is -2.75. The van der Waals surface area contributed by atoms with E-state index in [1.807, 2.05) is 24.3 Å². The van der Waals surface area contributed by atoms with Gasteiger partial charge in [0, 0.05) is 22.8 Å². The van der Waals surface area contributed by atoms with Crippen LogP contribution >= 0.6 is 0 Å². The van der Waals surface area contributed by atoms with Gasteiger partial charge in [0.15, 0.2) is 0 Å². The van der Waals surface area contributed by atoms with Crippen LogP contribution in [0.1, 0.15) is 30.0 Å². The van der Waals surface area contributed by atoms with Gasteiger partial charge in [-0.05, 0) is 36.3 Å². The Morgan fingerprint density at radius 3 is 2.84 bits per heavy atom. The Morgan fingerprint density at radius 2 is 2.08 bits per heavy atom. The zero-order chi connectivity index (χ0) is 17.6. The Balaban J connectivity index is 1.72. The van der Waals surface area contributed by atoms with Crippen LogP contribution in [-0.4, -0.2) is 20.0 Å². The minimum Gasteiger partial charge on any atom is -0.496 e. The molecule has 0 spiro atoms. The average molecular weight is 338 g/mol. The molecule has 0 N–H and O–H groups in total. The maximum absolute atomic E-state index is 10.8. The Bertz CT molecular complexity index is 792. The molecule has 0 amide bonds. The quantitative estimate of drug-likeness (QED) is 0.710. The molecule has 130 valence electrons. The topological polar surface area (TPSA) is 44.8 Å². The van der Waals surface area contributed by atoms with Gasteiger partial charge in [0.1, 0.15) is 36.7 Å². The average Bonchev–Trinajstić information content (AvgIpc) is 2.66. The number of hydrogen-bond donors (Lipinski definition) is 0. The molecule has 2 aromatic carbocycles. The summed E-state index contributed by atoms with van der Waals surface area (Å²) in [7, 11) is 1.68. The van der Waals surface area contributed by atoms with Crippen LogP contribution in [0.25, 0.3) is 6.08 Å². The zero-order valence-electron chi connectivity index (χ0n) is 14.6. The Morgan fingerprint density at radius 1 is 1.20 bits per heavy atom. The van der Waals surface area contributed by atoms with Crippen LogP contribution < -0.4 is 14.2 Å². The van der Waals surface area contributed by atoms with E-state index in [1.165, 1.54) is 5.56 Å². The number of benzene rings is 2. The highest BCUT2D eigenvalue weighted by Gasteiger charge is 2.12. The van der Waals surface area contributed by atoms with Crippen LogP contribution in [0, 0.1) is 0 Å². The van der Waals surface area contributed by atoms with Gasteiger partial charge in [-0.25, -0.2) is 0 Å². The first kappa shape index (κ1) is 17.1. The number of aldehydes is 1. The fourth-order valence-electron chi connectivity index (χ4n) is 2.83. The first-order valence-electron chi connectivity index (χ1n) is 8.44. The largest absolute Gasteiger partial charge is 0.496 e. The third-order valence-corrected chi connectivity index (χ3v) is 4.16. The van der Waals surface area contributed by atoms with Gasteiger partial charge >= 0.3 is 0 Å². The van der Waals surface area contributed by atoms with Crippen molar-refractivity contribution in [3.05, 3.63) is 58.7 Å². The molecule has 4 nitrogen and oxygen atoms in total. The Kier molecular flexibility index (Phi) is 5.39. The van der Waals surface area contributed by atoms with Gasteiger partial charge in [-0.15, -0.1) is 0 Å². The van der Waals surface area contributed by atoms with Crippen molar-refractivity contribution in [1.82, 2.24) is 0 Å². The highest BCUT2D eigenvalue weighted by Crippen LogP contribution is 2.31. The van der Waals surface area contributed by atoms with Crippen molar-refractivity contribution < 1.29 is 19.0 Å². The number of methoxy groups -OCH3 is 1. The van der Waals surface area contributed by atoms with E-state index in [-0.39, 0.29) is 0 Å². The van der Waals surface area contributed by atoms with E-state index in [2.05, 4.69) is 25.1 Å². The van der Waals surface area contributed by atoms with E-state index in [0.717, 1.165) is 47.5 Å². The van der Waals surface area contributed by atoms with Crippen molar-refractivity contribution in [1.29, 1.82) is 0 Å². The van der Waals surface area contributed by atoms with E-state index >= 15 is 0 Å². The normalized spacial score (nSPS) is 12.6. The van der Waals surface area contributed by atoms with Gasteiger partial charge in [0.25, 0.3) is 0 Å². The van der Waals surface area contributed by atoms with Gasteiger partial charge in [-0.2, -0.15) is 0 Å². The van der Waals surface area contributed by atoms with Crippen molar-refractivity contribution in [3.8, 4) is 17.2 Å². The summed E-state index contributed by atoms with van der Waals surface area (Å²) in [6, 6.07) is 11.9. The number of hydrogen-bond acceptors (Lipinski definition) is 4. The molecule has 2 aromatic rings. The maximum atomic E-state index is 10.8. The molecular formula is C21H22O4. The molecule has 1 aliphatic rings. The lowest BCUT2D eigenvalue weighted by molar-refractivity contribution is -0.105. The second kappa shape index (κ2) is 7.88. The van der Waals surface area contributed by atoms with Crippen LogP contribution in [0.5, 0.6) is 17.2 Å². The summed E-state index contributed by atoms with van der Waals surface area (Å²) in [6.07, 6.45) is 4.80. The fraction of sp³-hybridized carbons (Fsp3) is 0.286. The van der Waals surface area contributed by atoms with E-state index in [9.17, 15) is 4.79 Å². The lowest BCUT2D eigenvalue weighted by atomic mass is 10.1. The van der Waals surface area contributed by atoms with Crippen LogP contribution in [0.3, 0.4) is 0 Å². The summed E-state index contributed by atoms with van der Waals surface area (Å²) < 4.78 is 17.0. The summed E-state index contributed by atoms with van der Waals surface area (Å²) in [5, 5.41) is 0. The van der Waals surface area contributed by atoms with Gasteiger partial charge in [0.2, 0.25) is 0 Å². The standard InChI is InChI=1S/C21H22O4/c1-3-4-15-5-6-18(20(10-15)23-2)14-24-19-8-7-17-9-16(12-22)13-25-21(17)11-19/h5-12H,3-4,13-14H2,1-2H3. The molecule has 0 radical (unpaired) electrons.